The highest BCUT2D eigenvalue weighted by Crippen LogP contribution is 2.24. The Morgan fingerprint density at radius 1 is 0.944 bits per heavy atom. The summed E-state index contributed by atoms with van der Waals surface area (Å²) in [6.07, 6.45) is 1.78. The first-order valence-corrected chi connectivity index (χ1v) is 5.94. The minimum Gasteiger partial charge on any atom is -0.340 e. The maximum atomic E-state index is 5.87. The molecule has 0 amide bonds. The zero-order chi connectivity index (χ0) is 12.4. The van der Waals surface area contributed by atoms with Crippen molar-refractivity contribution < 1.29 is 0 Å². The van der Waals surface area contributed by atoms with Crippen LogP contribution >= 0.6 is 11.6 Å². The molecule has 88 valence electrons. The van der Waals surface area contributed by atoms with E-state index < -0.39 is 0 Å². The quantitative estimate of drug-likeness (QED) is 0.703. The summed E-state index contributed by atoms with van der Waals surface area (Å²) in [5.41, 5.74) is 1.92. The van der Waals surface area contributed by atoms with Crippen molar-refractivity contribution >= 4 is 34.0 Å². The summed E-state index contributed by atoms with van der Waals surface area (Å²) in [5.74, 6) is 0.721. The Labute approximate surface area is 109 Å². The van der Waals surface area contributed by atoms with E-state index >= 15 is 0 Å². The van der Waals surface area contributed by atoms with Gasteiger partial charge in [-0.1, -0.05) is 23.7 Å². The fourth-order valence-corrected chi connectivity index (χ4v) is 1.99. The summed E-state index contributed by atoms with van der Waals surface area (Å²) in [6, 6.07) is 15.4. The second kappa shape index (κ2) is 4.63. The smallest absolute Gasteiger partial charge is 0.132 e. The lowest BCUT2D eigenvalue weighted by Gasteiger charge is -2.08. The minimum atomic E-state index is 0.471. The number of aromatic nitrogens is 2. The number of hydrogen-bond acceptors (Lipinski definition) is 3. The van der Waals surface area contributed by atoms with Crippen molar-refractivity contribution in [1.29, 1.82) is 0 Å². The number of hydrogen-bond donors (Lipinski definition) is 1. The summed E-state index contributed by atoms with van der Waals surface area (Å²) in [6.45, 7) is 0. The van der Waals surface area contributed by atoms with Crippen LogP contribution < -0.4 is 5.32 Å². The van der Waals surface area contributed by atoms with Crippen molar-refractivity contribution in [3.63, 3.8) is 0 Å². The lowest BCUT2D eigenvalue weighted by Crippen LogP contribution is -1.94. The normalized spacial score (nSPS) is 10.5. The summed E-state index contributed by atoms with van der Waals surface area (Å²) in [5, 5.41) is 4.78. The fourth-order valence-electron chi connectivity index (χ4n) is 1.83. The van der Waals surface area contributed by atoms with E-state index in [1.807, 2.05) is 42.5 Å². The van der Waals surface area contributed by atoms with Crippen LogP contribution in [-0.4, -0.2) is 9.97 Å². The predicted octanol–water partition coefficient (Wildman–Crippen LogP) is 4.03. The Balaban J connectivity index is 2.05. The number of nitrogens with one attached hydrogen (secondary N) is 1. The van der Waals surface area contributed by atoms with Crippen molar-refractivity contribution in [1.82, 2.24) is 9.97 Å². The Morgan fingerprint density at radius 2 is 1.83 bits per heavy atom. The number of pyridine rings is 2. The largest absolute Gasteiger partial charge is 0.340 e. The summed E-state index contributed by atoms with van der Waals surface area (Å²) >= 11 is 5.87. The average Bonchev–Trinajstić information content (AvgIpc) is 2.39. The Hall–Kier alpha value is -2.13. The number of benzene rings is 1. The van der Waals surface area contributed by atoms with Crippen LogP contribution in [0, 0.1) is 0 Å². The molecule has 1 aromatic carbocycles. The van der Waals surface area contributed by atoms with E-state index in [0.717, 1.165) is 22.4 Å². The zero-order valence-corrected chi connectivity index (χ0v) is 10.2. The van der Waals surface area contributed by atoms with Gasteiger partial charge in [0.1, 0.15) is 11.0 Å². The molecule has 2 aromatic heterocycles. The highest BCUT2D eigenvalue weighted by molar-refractivity contribution is 6.29. The van der Waals surface area contributed by atoms with Crippen LogP contribution in [0.15, 0.2) is 54.7 Å². The molecule has 3 nitrogen and oxygen atoms in total. The molecule has 2 heterocycles. The topological polar surface area (TPSA) is 37.8 Å². The highest BCUT2D eigenvalue weighted by atomic mass is 35.5. The molecule has 0 saturated carbocycles. The van der Waals surface area contributed by atoms with Gasteiger partial charge in [-0.15, -0.1) is 0 Å². The van der Waals surface area contributed by atoms with Crippen molar-refractivity contribution in [2.75, 3.05) is 5.32 Å². The van der Waals surface area contributed by atoms with E-state index in [9.17, 15) is 0 Å². The van der Waals surface area contributed by atoms with E-state index in [1.165, 1.54) is 0 Å². The Bertz CT molecular complexity index is 692. The average molecular weight is 256 g/mol. The van der Waals surface area contributed by atoms with Gasteiger partial charge in [0.15, 0.2) is 0 Å². The molecule has 0 atom stereocenters. The summed E-state index contributed by atoms with van der Waals surface area (Å²) < 4.78 is 0. The van der Waals surface area contributed by atoms with Gasteiger partial charge in [0.25, 0.3) is 0 Å². The van der Waals surface area contributed by atoms with Gasteiger partial charge in [0.05, 0.1) is 5.52 Å². The number of nitrogens with zero attached hydrogens (tertiary/aromatic N) is 2. The standard InChI is InChI=1S/C14H10ClN3/c15-13-7-2-8-14(18-13)17-12-6-1-5-11-10(12)4-3-9-16-11/h1-9H,(H,17,18). The number of halogens is 1. The summed E-state index contributed by atoms with van der Waals surface area (Å²) in [4.78, 5) is 8.52. The van der Waals surface area contributed by atoms with Gasteiger partial charge >= 0.3 is 0 Å². The highest BCUT2D eigenvalue weighted by Gasteiger charge is 2.02. The fraction of sp³-hybridized carbons (Fsp3) is 0. The number of rotatable bonds is 2. The molecule has 3 aromatic rings. The molecule has 0 unspecified atom stereocenters. The molecule has 0 spiro atoms. The van der Waals surface area contributed by atoms with Crippen LogP contribution in [0.3, 0.4) is 0 Å². The molecule has 0 saturated heterocycles. The second-order valence-electron chi connectivity index (χ2n) is 3.85. The molecule has 0 fully saturated rings. The molecule has 4 heteroatoms. The molecular weight excluding hydrogens is 246 g/mol. The molecule has 0 aliphatic heterocycles. The molecular formula is C14H10ClN3. The van der Waals surface area contributed by atoms with Gasteiger partial charge in [-0.25, -0.2) is 4.98 Å². The first kappa shape index (κ1) is 11.0. The van der Waals surface area contributed by atoms with E-state index in [-0.39, 0.29) is 0 Å². The van der Waals surface area contributed by atoms with Crippen LogP contribution in [0.25, 0.3) is 10.9 Å². The van der Waals surface area contributed by atoms with Gasteiger partial charge < -0.3 is 5.32 Å². The molecule has 0 bridgehead atoms. The maximum Gasteiger partial charge on any atom is 0.132 e. The van der Waals surface area contributed by atoms with Gasteiger partial charge in [-0.2, -0.15) is 0 Å². The van der Waals surface area contributed by atoms with Crippen LogP contribution in [0.1, 0.15) is 0 Å². The van der Waals surface area contributed by atoms with Gasteiger partial charge in [-0.05, 0) is 36.4 Å². The third-order valence-electron chi connectivity index (χ3n) is 2.62. The molecule has 1 N–H and O–H groups in total. The van der Waals surface area contributed by atoms with E-state index in [4.69, 9.17) is 11.6 Å². The van der Waals surface area contributed by atoms with Gasteiger partial charge in [-0.3, -0.25) is 4.98 Å². The SMILES string of the molecule is Clc1cccc(Nc2cccc3ncccc23)n1. The lowest BCUT2D eigenvalue weighted by atomic mass is 10.2. The van der Waals surface area contributed by atoms with E-state index in [0.29, 0.717) is 5.15 Å². The maximum absolute atomic E-state index is 5.87. The van der Waals surface area contributed by atoms with Crippen LogP contribution in [0.5, 0.6) is 0 Å². The third kappa shape index (κ3) is 2.13. The lowest BCUT2D eigenvalue weighted by molar-refractivity contribution is 1.31. The Kier molecular flexibility index (Phi) is 2.82. The molecule has 3 rings (SSSR count). The van der Waals surface area contributed by atoms with Crippen molar-refractivity contribution in [2.45, 2.75) is 0 Å². The van der Waals surface area contributed by atoms with Gasteiger partial charge in [0, 0.05) is 17.3 Å². The van der Waals surface area contributed by atoms with Crippen molar-refractivity contribution in [3.8, 4) is 0 Å². The van der Waals surface area contributed by atoms with Crippen LogP contribution in [-0.2, 0) is 0 Å². The first-order chi connectivity index (χ1) is 8.83. The first-order valence-electron chi connectivity index (χ1n) is 5.56. The molecule has 18 heavy (non-hydrogen) atoms. The predicted molar refractivity (Wildman–Crippen MR) is 74.3 cm³/mol. The monoisotopic (exact) mass is 255 g/mol. The Morgan fingerprint density at radius 3 is 2.72 bits per heavy atom. The second-order valence-corrected chi connectivity index (χ2v) is 4.23. The van der Waals surface area contributed by atoms with Gasteiger partial charge in [0.2, 0.25) is 0 Å². The minimum absolute atomic E-state index is 0.471. The van der Waals surface area contributed by atoms with Crippen molar-refractivity contribution in [3.05, 3.63) is 59.9 Å². The van der Waals surface area contributed by atoms with E-state index in [2.05, 4.69) is 15.3 Å². The van der Waals surface area contributed by atoms with Crippen LogP contribution in [0.2, 0.25) is 5.15 Å². The molecule has 0 aliphatic carbocycles. The number of fused-ring (bicyclic) bond motifs is 1. The van der Waals surface area contributed by atoms with Crippen molar-refractivity contribution in [2.24, 2.45) is 0 Å². The zero-order valence-electron chi connectivity index (χ0n) is 9.47. The third-order valence-corrected chi connectivity index (χ3v) is 2.83. The summed E-state index contributed by atoms with van der Waals surface area (Å²) in [7, 11) is 0. The van der Waals surface area contributed by atoms with E-state index in [1.54, 1.807) is 12.3 Å². The number of anilines is 2. The molecule has 0 aliphatic rings. The molecule has 0 radical (unpaired) electrons. The van der Waals surface area contributed by atoms with Crippen LogP contribution in [0.4, 0.5) is 11.5 Å².